The van der Waals surface area contributed by atoms with Gasteiger partial charge in [-0.1, -0.05) is 30.3 Å². The van der Waals surface area contributed by atoms with Crippen molar-refractivity contribution < 1.29 is 18.0 Å². The number of rotatable bonds is 5. The van der Waals surface area contributed by atoms with Crippen molar-refractivity contribution in [2.45, 2.75) is 48.6 Å². The number of carbonyl (C=O) groups excluding carboxylic acids is 2. The molecule has 2 aliphatic heterocycles. The molecule has 1 aromatic carbocycles. The van der Waals surface area contributed by atoms with Gasteiger partial charge in [-0.15, -0.1) is 0 Å². The third kappa shape index (κ3) is 4.82. The Balaban J connectivity index is 1.44. The lowest BCUT2D eigenvalue weighted by molar-refractivity contribution is -0.117. The summed E-state index contributed by atoms with van der Waals surface area (Å²) in [6.45, 7) is 2.93. The molecule has 0 bridgehead atoms. The maximum atomic E-state index is 13.1. The van der Waals surface area contributed by atoms with E-state index in [0.29, 0.717) is 29.5 Å². The van der Waals surface area contributed by atoms with Gasteiger partial charge in [0.25, 0.3) is 0 Å². The number of piperidine rings is 1. The zero-order valence-corrected chi connectivity index (χ0v) is 19.5. The van der Waals surface area contributed by atoms with Gasteiger partial charge >= 0.3 is 0 Å². The average molecular weight is 475 g/mol. The first kappa shape index (κ1) is 22.8. The fourth-order valence-corrected chi connectivity index (χ4v) is 6.20. The lowest BCUT2D eigenvalue weighted by atomic mass is 10.2. The minimum absolute atomic E-state index is 0.123. The van der Waals surface area contributed by atoms with Crippen LogP contribution in [0.4, 0.5) is 11.4 Å². The molecule has 1 aromatic heterocycles. The van der Waals surface area contributed by atoms with Crippen LogP contribution < -0.4 is 10.2 Å². The van der Waals surface area contributed by atoms with Crippen molar-refractivity contribution in [2.24, 2.45) is 0 Å². The number of fused-ring (bicyclic) bond motifs is 1. The molecule has 170 valence electrons. The van der Waals surface area contributed by atoms with E-state index < -0.39 is 10.0 Å². The standard InChI is InChI=1S/C22H26N4O4S2/c1-16-13-20(27)24-18-7-3-4-8-19(18)26(16)22(28)15-31-21-10-9-17(14-23-21)32(29,30)25-11-5-2-6-12-25/h3-4,7-10,14,16H,2,5-6,11-13,15H2,1H3,(H,24,27)/t16-/m0/s1. The van der Waals surface area contributed by atoms with Crippen LogP contribution in [0.15, 0.2) is 52.5 Å². The zero-order chi connectivity index (χ0) is 22.7. The molecule has 1 saturated heterocycles. The van der Waals surface area contributed by atoms with Crippen molar-refractivity contribution in [3.63, 3.8) is 0 Å². The third-order valence-electron chi connectivity index (χ3n) is 5.63. The predicted octanol–water partition coefficient (Wildman–Crippen LogP) is 3.11. The number of amides is 2. The number of thioether (sulfide) groups is 1. The molecule has 2 amide bonds. The molecule has 0 aliphatic carbocycles. The van der Waals surface area contributed by atoms with E-state index in [-0.39, 0.29) is 34.9 Å². The first-order valence-electron chi connectivity index (χ1n) is 10.7. The van der Waals surface area contributed by atoms with Gasteiger partial charge in [-0.3, -0.25) is 9.59 Å². The minimum atomic E-state index is -3.53. The Bertz CT molecular complexity index is 1100. The summed E-state index contributed by atoms with van der Waals surface area (Å²) in [5.41, 5.74) is 1.29. The van der Waals surface area contributed by atoms with Crippen molar-refractivity contribution in [1.29, 1.82) is 0 Å². The fourth-order valence-electron chi connectivity index (χ4n) is 4.03. The Morgan fingerprint density at radius 2 is 1.91 bits per heavy atom. The number of benzene rings is 1. The number of aromatic nitrogens is 1. The first-order valence-corrected chi connectivity index (χ1v) is 13.1. The third-order valence-corrected chi connectivity index (χ3v) is 8.44. The zero-order valence-electron chi connectivity index (χ0n) is 17.9. The Morgan fingerprint density at radius 3 is 2.62 bits per heavy atom. The molecule has 1 atom stereocenters. The van der Waals surface area contributed by atoms with Crippen LogP contribution in [0.25, 0.3) is 0 Å². The average Bonchev–Trinajstić information content (AvgIpc) is 2.92. The van der Waals surface area contributed by atoms with Gasteiger partial charge in [0.2, 0.25) is 21.8 Å². The predicted molar refractivity (Wildman–Crippen MR) is 124 cm³/mol. The Hall–Kier alpha value is -2.43. The van der Waals surface area contributed by atoms with Crippen LogP contribution in [0.3, 0.4) is 0 Å². The molecular formula is C22H26N4O4S2. The van der Waals surface area contributed by atoms with Gasteiger partial charge in [0.15, 0.2) is 0 Å². The smallest absolute Gasteiger partial charge is 0.244 e. The summed E-state index contributed by atoms with van der Waals surface area (Å²) in [5.74, 6) is -0.142. The normalized spacial score (nSPS) is 19.7. The number of hydrogen-bond acceptors (Lipinski definition) is 6. The van der Waals surface area contributed by atoms with Crippen molar-refractivity contribution in [2.75, 3.05) is 29.1 Å². The molecule has 10 heteroatoms. The fraction of sp³-hybridized carbons (Fsp3) is 0.409. The van der Waals surface area contributed by atoms with Crippen LogP contribution in [0, 0.1) is 0 Å². The summed E-state index contributed by atoms with van der Waals surface area (Å²) in [6.07, 6.45) is 4.39. The Kier molecular flexibility index (Phi) is 6.82. The van der Waals surface area contributed by atoms with Crippen LogP contribution >= 0.6 is 11.8 Å². The SMILES string of the molecule is C[C@H]1CC(=O)Nc2ccccc2N1C(=O)CSc1ccc(S(=O)(=O)N2CCCCC2)cn1. The molecule has 2 aliphatic rings. The molecule has 1 N–H and O–H groups in total. The van der Waals surface area contributed by atoms with Crippen LogP contribution in [0.2, 0.25) is 0 Å². The van der Waals surface area contributed by atoms with Gasteiger partial charge in [-0.2, -0.15) is 4.31 Å². The van der Waals surface area contributed by atoms with E-state index in [1.165, 1.54) is 22.3 Å². The van der Waals surface area contributed by atoms with Crippen LogP contribution in [0.5, 0.6) is 0 Å². The van der Waals surface area contributed by atoms with E-state index in [1.54, 1.807) is 23.1 Å². The molecule has 32 heavy (non-hydrogen) atoms. The second-order valence-electron chi connectivity index (χ2n) is 7.97. The van der Waals surface area contributed by atoms with Gasteiger partial charge in [0, 0.05) is 31.7 Å². The number of hydrogen-bond donors (Lipinski definition) is 1. The number of anilines is 2. The highest BCUT2D eigenvalue weighted by molar-refractivity contribution is 7.99. The molecule has 0 saturated carbocycles. The summed E-state index contributed by atoms with van der Waals surface area (Å²) < 4.78 is 27.0. The number of sulfonamides is 1. The molecule has 0 spiro atoms. The molecule has 3 heterocycles. The van der Waals surface area contributed by atoms with Gasteiger partial charge in [-0.25, -0.2) is 13.4 Å². The first-order chi connectivity index (χ1) is 15.4. The lowest BCUT2D eigenvalue weighted by Gasteiger charge is -2.27. The molecule has 0 unspecified atom stereocenters. The summed E-state index contributed by atoms with van der Waals surface area (Å²) in [4.78, 5) is 31.3. The lowest BCUT2D eigenvalue weighted by Crippen LogP contribution is -2.40. The summed E-state index contributed by atoms with van der Waals surface area (Å²) >= 11 is 1.25. The number of para-hydroxylation sites is 2. The van der Waals surface area contributed by atoms with Crippen molar-refractivity contribution in [1.82, 2.24) is 9.29 Å². The maximum Gasteiger partial charge on any atom is 0.244 e. The Morgan fingerprint density at radius 1 is 1.16 bits per heavy atom. The van der Waals surface area contributed by atoms with E-state index in [1.807, 2.05) is 25.1 Å². The highest BCUT2D eigenvalue weighted by Gasteiger charge is 2.30. The molecular weight excluding hydrogens is 448 g/mol. The molecule has 2 aromatic rings. The van der Waals surface area contributed by atoms with Gasteiger partial charge in [0.1, 0.15) is 4.90 Å². The van der Waals surface area contributed by atoms with E-state index >= 15 is 0 Å². The molecule has 4 rings (SSSR count). The van der Waals surface area contributed by atoms with Gasteiger partial charge < -0.3 is 10.2 Å². The van der Waals surface area contributed by atoms with Crippen molar-refractivity contribution >= 4 is 45.0 Å². The van der Waals surface area contributed by atoms with E-state index in [4.69, 9.17) is 0 Å². The molecule has 8 nitrogen and oxygen atoms in total. The highest BCUT2D eigenvalue weighted by Crippen LogP contribution is 2.32. The van der Waals surface area contributed by atoms with Crippen LogP contribution in [0.1, 0.15) is 32.6 Å². The number of pyridine rings is 1. The highest BCUT2D eigenvalue weighted by atomic mass is 32.2. The van der Waals surface area contributed by atoms with Gasteiger partial charge in [-0.05, 0) is 44.0 Å². The summed E-state index contributed by atoms with van der Waals surface area (Å²) in [7, 11) is -3.53. The summed E-state index contributed by atoms with van der Waals surface area (Å²) in [6, 6.07) is 10.2. The van der Waals surface area contributed by atoms with Crippen LogP contribution in [-0.4, -0.2) is 54.4 Å². The monoisotopic (exact) mass is 474 g/mol. The van der Waals surface area contributed by atoms with Crippen molar-refractivity contribution in [3.8, 4) is 0 Å². The second kappa shape index (κ2) is 9.60. The van der Waals surface area contributed by atoms with E-state index in [9.17, 15) is 18.0 Å². The van der Waals surface area contributed by atoms with Crippen LogP contribution in [-0.2, 0) is 19.6 Å². The quantitative estimate of drug-likeness (QED) is 0.669. The summed E-state index contributed by atoms with van der Waals surface area (Å²) in [5, 5.41) is 3.42. The Labute approximate surface area is 192 Å². The maximum absolute atomic E-state index is 13.1. The van der Waals surface area contributed by atoms with Gasteiger partial charge in [0.05, 0.1) is 22.2 Å². The minimum Gasteiger partial charge on any atom is -0.324 e. The topological polar surface area (TPSA) is 99.7 Å². The van der Waals surface area contributed by atoms with E-state index in [0.717, 1.165) is 19.3 Å². The van der Waals surface area contributed by atoms with Crippen molar-refractivity contribution in [3.05, 3.63) is 42.6 Å². The van der Waals surface area contributed by atoms with E-state index in [2.05, 4.69) is 10.3 Å². The second-order valence-corrected chi connectivity index (χ2v) is 10.9. The number of carbonyl (C=O) groups is 2. The largest absolute Gasteiger partial charge is 0.324 e. The number of nitrogens with zero attached hydrogens (tertiary/aromatic N) is 3. The number of nitrogens with one attached hydrogen (secondary N) is 1. The molecule has 1 fully saturated rings. The molecule has 0 radical (unpaired) electrons.